The second kappa shape index (κ2) is 6.33. The van der Waals surface area contributed by atoms with E-state index in [1.165, 1.54) is 0 Å². The minimum atomic E-state index is -0.226. The Morgan fingerprint density at radius 3 is 2.75 bits per heavy atom. The summed E-state index contributed by atoms with van der Waals surface area (Å²) in [6.07, 6.45) is 0.722. The minimum Gasteiger partial charge on any atom is -0.320 e. The fourth-order valence-electron chi connectivity index (χ4n) is 1.72. The van der Waals surface area contributed by atoms with E-state index in [0.29, 0.717) is 16.4 Å². The first-order valence-electron chi connectivity index (χ1n) is 6.10. The number of rotatable bonds is 3. The third-order valence-electron chi connectivity index (χ3n) is 2.77. The monoisotopic (exact) mass is 353 g/mol. The highest BCUT2D eigenvalue weighted by Crippen LogP contribution is 2.18. The van der Waals surface area contributed by atoms with Gasteiger partial charge in [-0.15, -0.1) is 0 Å². The number of anilines is 1. The molecule has 2 heterocycles. The van der Waals surface area contributed by atoms with Gasteiger partial charge in [0.2, 0.25) is 0 Å². The number of carbonyl (C=O) groups is 1. The summed E-state index contributed by atoms with van der Waals surface area (Å²) in [5.41, 5.74) is 2.69. The summed E-state index contributed by atoms with van der Waals surface area (Å²) in [4.78, 5) is 20.6. The Kier molecular flexibility index (Phi) is 4.73. The Bertz CT molecular complexity index is 661. The highest BCUT2D eigenvalue weighted by Gasteiger charge is 2.11. The lowest BCUT2D eigenvalue weighted by Crippen LogP contribution is -2.14. The molecule has 1 amide bonds. The molecule has 0 aliphatic carbocycles. The Morgan fingerprint density at radius 1 is 1.35 bits per heavy atom. The van der Waals surface area contributed by atoms with Crippen LogP contribution in [0.2, 0.25) is 5.15 Å². The number of carbonyl (C=O) groups excluding carboxylic acids is 1. The van der Waals surface area contributed by atoms with Crippen LogP contribution in [0.5, 0.6) is 0 Å². The summed E-state index contributed by atoms with van der Waals surface area (Å²) in [5, 5.41) is 3.14. The van der Waals surface area contributed by atoms with Gasteiger partial charge in [-0.05, 0) is 53.5 Å². The van der Waals surface area contributed by atoms with Crippen LogP contribution in [0.3, 0.4) is 0 Å². The zero-order valence-electron chi connectivity index (χ0n) is 11.1. The number of hydrogen-bond donors (Lipinski definition) is 1. The third kappa shape index (κ3) is 3.55. The first-order valence-corrected chi connectivity index (χ1v) is 7.27. The van der Waals surface area contributed by atoms with E-state index >= 15 is 0 Å². The molecule has 0 aromatic carbocycles. The SMILES string of the molecule is CCc1cc(C(=O)Nc2ccc(Br)nc2C)cc(Cl)n1. The Hall–Kier alpha value is -1.46. The first-order chi connectivity index (χ1) is 9.49. The first kappa shape index (κ1) is 14.9. The summed E-state index contributed by atoms with van der Waals surface area (Å²) in [6.45, 7) is 3.79. The van der Waals surface area contributed by atoms with E-state index in [9.17, 15) is 4.79 Å². The zero-order valence-corrected chi connectivity index (χ0v) is 13.4. The van der Waals surface area contributed by atoms with Crippen molar-refractivity contribution >= 4 is 39.1 Å². The van der Waals surface area contributed by atoms with E-state index in [1.54, 1.807) is 24.3 Å². The lowest BCUT2D eigenvalue weighted by molar-refractivity contribution is 0.102. The minimum absolute atomic E-state index is 0.226. The fraction of sp³-hybridized carbons (Fsp3) is 0.214. The van der Waals surface area contributed by atoms with Crippen molar-refractivity contribution in [2.45, 2.75) is 20.3 Å². The van der Waals surface area contributed by atoms with Crippen LogP contribution in [-0.4, -0.2) is 15.9 Å². The molecule has 104 valence electrons. The van der Waals surface area contributed by atoms with E-state index in [-0.39, 0.29) is 5.91 Å². The van der Waals surface area contributed by atoms with Crippen LogP contribution in [0, 0.1) is 6.92 Å². The predicted octanol–water partition coefficient (Wildman–Crippen LogP) is 4.02. The summed E-state index contributed by atoms with van der Waals surface area (Å²) < 4.78 is 0.730. The molecule has 0 aliphatic heterocycles. The normalized spacial score (nSPS) is 10.4. The van der Waals surface area contributed by atoms with Gasteiger partial charge in [-0.25, -0.2) is 9.97 Å². The van der Waals surface area contributed by atoms with Crippen LogP contribution in [0.4, 0.5) is 5.69 Å². The summed E-state index contributed by atoms with van der Waals surface area (Å²) in [6, 6.07) is 6.87. The number of nitrogens with zero attached hydrogens (tertiary/aromatic N) is 2. The number of nitrogens with one attached hydrogen (secondary N) is 1. The Morgan fingerprint density at radius 2 is 2.10 bits per heavy atom. The van der Waals surface area contributed by atoms with Gasteiger partial charge in [-0.1, -0.05) is 18.5 Å². The quantitative estimate of drug-likeness (QED) is 0.847. The average molecular weight is 355 g/mol. The maximum atomic E-state index is 12.2. The van der Waals surface area contributed by atoms with Crippen molar-refractivity contribution in [1.82, 2.24) is 9.97 Å². The second-order valence-corrected chi connectivity index (χ2v) is 5.44. The van der Waals surface area contributed by atoms with Crippen LogP contribution in [-0.2, 0) is 6.42 Å². The molecular formula is C14H13BrClN3O. The van der Waals surface area contributed by atoms with Gasteiger partial charge in [0.15, 0.2) is 0 Å². The van der Waals surface area contributed by atoms with Crippen LogP contribution in [0.25, 0.3) is 0 Å². The summed E-state index contributed by atoms with van der Waals surface area (Å²) >= 11 is 9.20. The van der Waals surface area contributed by atoms with Crippen LogP contribution >= 0.6 is 27.5 Å². The third-order valence-corrected chi connectivity index (χ3v) is 3.41. The summed E-state index contributed by atoms with van der Waals surface area (Å²) in [5.74, 6) is -0.226. The molecule has 2 aromatic heterocycles. The largest absolute Gasteiger partial charge is 0.320 e. The molecule has 0 spiro atoms. The molecule has 0 bridgehead atoms. The molecule has 6 heteroatoms. The van der Waals surface area contributed by atoms with Gasteiger partial charge in [0.05, 0.1) is 11.4 Å². The van der Waals surface area contributed by atoms with E-state index in [2.05, 4.69) is 31.2 Å². The molecule has 0 radical (unpaired) electrons. The molecule has 0 unspecified atom stereocenters. The van der Waals surface area contributed by atoms with E-state index < -0.39 is 0 Å². The Balaban J connectivity index is 2.26. The molecule has 0 saturated heterocycles. The molecule has 2 rings (SSSR count). The average Bonchev–Trinajstić information content (AvgIpc) is 2.41. The van der Waals surface area contributed by atoms with Crippen molar-refractivity contribution < 1.29 is 4.79 Å². The van der Waals surface area contributed by atoms with Crippen LogP contribution in [0.1, 0.15) is 28.7 Å². The molecular weight excluding hydrogens is 342 g/mol. The van der Waals surface area contributed by atoms with Crippen molar-refractivity contribution in [2.75, 3.05) is 5.32 Å². The molecule has 0 aliphatic rings. The fourth-order valence-corrected chi connectivity index (χ4v) is 2.34. The van der Waals surface area contributed by atoms with Gasteiger partial charge in [0.25, 0.3) is 5.91 Å². The van der Waals surface area contributed by atoms with E-state index in [4.69, 9.17) is 11.6 Å². The molecule has 0 saturated carbocycles. The van der Waals surface area contributed by atoms with E-state index in [1.807, 2.05) is 13.8 Å². The van der Waals surface area contributed by atoms with Crippen molar-refractivity contribution in [3.8, 4) is 0 Å². The lowest BCUT2D eigenvalue weighted by atomic mass is 10.2. The van der Waals surface area contributed by atoms with Crippen LogP contribution in [0.15, 0.2) is 28.9 Å². The van der Waals surface area contributed by atoms with Gasteiger partial charge in [0, 0.05) is 11.3 Å². The smallest absolute Gasteiger partial charge is 0.255 e. The van der Waals surface area contributed by atoms with Gasteiger partial charge in [-0.3, -0.25) is 4.79 Å². The lowest BCUT2D eigenvalue weighted by Gasteiger charge is -2.09. The second-order valence-electron chi connectivity index (χ2n) is 4.24. The molecule has 20 heavy (non-hydrogen) atoms. The molecule has 4 nitrogen and oxygen atoms in total. The number of aromatic nitrogens is 2. The molecule has 0 fully saturated rings. The standard InChI is InChI=1S/C14H13BrClN3O/c1-3-10-6-9(7-13(16)18-10)14(20)19-11-4-5-12(15)17-8(11)2/h4-7H,3H2,1-2H3,(H,19,20). The maximum absolute atomic E-state index is 12.2. The van der Waals surface area contributed by atoms with Gasteiger partial charge < -0.3 is 5.32 Å². The Labute approximate surface area is 130 Å². The summed E-state index contributed by atoms with van der Waals surface area (Å²) in [7, 11) is 0. The van der Waals surface area contributed by atoms with Gasteiger partial charge in [-0.2, -0.15) is 0 Å². The zero-order chi connectivity index (χ0) is 14.7. The number of pyridine rings is 2. The number of hydrogen-bond acceptors (Lipinski definition) is 3. The van der Waals surface area contributed by atoms with Crippen molar-refractivity contribution in [3.05, 3.63) is 51.0 Å². The van der Waals surface area contributed by atoms with Crippen molar-refractivity contribution in [3.63, 3.8) is 0 Å². The number of aryl methyl sites for hydroxylation is 2. The van der Waals surface area contributed by atoms with Crippen LogP contribution < -0.4 is 5.32 Å². The molecule has 2 aromatic rings. The van der Waals surface area contributed by atoms with Gasteiger partial charge >= 0.3 is 0 Å². The highest BCUT2D eigenvalue weighted by molar-refractivity contribution is 9.10. The molecule has 0 atom stereocenters. The number of amides is 1. The maximum Gasteiger partial charge on any atom is 0.255 e. The molecule has 1 N–H and O–H groups in total. The van der Waals surface area contributed by atoms with E-state index in [0.717, 1.165) is 22.4 Å². The van der Waals surface area contributed by atoms with Gasteiger partial charge in [0.1, 0.15) is 9.76 Å². The van der Waals surface area contributed by atoms with Crippen molar-refractivity contribution in [1.29, 1.82) is 0 Å². The highest BCUT2D eigenvalue weighted by atomic mass is 79.9. The predicted molar refractivity (Wildman–Crippen MR) is 83.3 cm³/mol. The van der Waals surface area contributed by atoms with Crippen molar-refractivity contribution in [2.24, 2.45) is 0 Å². The topological polar surface area (TPSA) is 54.9 Å². The number of halogens is 2.